The third-order valence-electron chi connectivity index (χ3n) is 2.87. The van der Waals surface area contributed by atoms with Crippen LogP contribution in [0, 0.1) is 5.41 Å². The van der Waals surface area contributed by atoms with Crippen molar-refractivity contribution in [2.45, 2.75) is 33.4 Å². The highest BCUT2D eigenvalue weighted by Crippen LogP contribution is 2.16. The molecule has 1 rings (SSSR count). The molecule has 110 valence electrons. The number of amides is 1. The lowest BCUT2D eigenvalue weighted by molar-refractivity contribution is -0.145. The molecule has 3 N–H and O–H groups in total. The molecule has 0 bridgehead atoms. The molecule has 0 fully saturated rings. The Bertz CT molecular complexity index is 452. The summed E-state index contributed by atoms with van der Waals surface area (Å²) < 4.78 is 5.05. The van der Waals surface area contributed by atoms with Crippen LogP contribution in [0.4, 0.5) is 0 Å². The Labute approximate surface area is 119 Å². The van der Waals surface area contributed by atoms with Gasteiger partial charge < -0.3 is 15.8 Å². The minimum absolute atomic E-state index is 0.171. The van der Waals surface area contributed by atoms with Crippen LogP contribution >= 0.6 is 0 Å². The van der Waals surface area contributed by atoms with Gasteiger partial charge in [0.05, 0.1) is 6.04 Å². The topological polar surface area (TPSA) is 81.4 Å². The number of carbonyl (C=O) groups is 2. The molecule has 1 aromatic carbocycles. The average Bonchev–Trinajstić information content (AvgIpc) is 2.41. The smallest absolute Gasteiger partial charge is 0.325 e. The second-order valence-corrected chi connectivity index (χ2v) is 5.71. The van der Waals surface area contributed by atoms with Gasteiger partial charge >= 0.3 is 5.97 Å². The Morgan fingerprint density at radius 2 is 1.85 bits per heavy atom. The molecule has 1 amide bonds. The third kappa shape index (κ3) is 5.40. The first-order chi connectivity index (χ1) is 9.30. The molecule has 0 spiro atoms. The first-order valence-electron chi connectivity index (χ1n) is 6.53. The lowest BCUT2D eigenvalue weighted by Gasteiger charge is -2.25. The molecule has 5 nitrogen and oxygen atoms in total. The van der Waals surface area contributed by atoms with Crippen LogP contribution in [0.25, 0.3) is 0 Å². The minimum atomic E-state index is -0.663. The van der Waals surface area contributed by atoms with E-state index < -0.39 is 12.0 Å². The normalized spacial score (nSPS) is 12.6. The van der Waals surface area contributed by atoms with Crippen molar-refractivity contribution in [1.29, 1.82) is 0 Å². The summed E-state index contributed by atoms with van der Waals surface area (Å²) in [4.78, 5) is 23.2. The van der Waals surface area contributed by atoms with Crippen molar-refractivity contribution in [3.63, 3.8) is 0 Å². The van der Waals surface area contributed by atoms with E-state index in [1.807, 2.05) is 51.1 Å². The van der Waals surface area contributed by atoms with Gasteiger partial charge in [-0.05, 0) is 11.0 Å². The van der Waals surface area contributed by atoms with Crippen molar-refractivity contribution < 1.29 is 14.3 Å². The molecule has 1 aromatic rings. The van der Waals surface area contributed by atoms with Gasteiger partial charge in [-0.2, -0.15) is 0 Å². The molecule has 0 aromatic heterocycles. The SMILES string of the molecule is CC(C)(C)[C@H](N)C(=O)NCC(=O)OCc1ccccc1. The van der Waals surface area contributed by atoms with Gasteiger partial charge in [0.15, 0.2) is 0 Å². The van der Waals surface area contributed by atoms with E-state index in [1.54, 1.807) is 0 Å². The van der Waals surface area contributed by atoms with Gasteiger partial charge in [-0.3, -0.25) is 9.59 Å². The van der Waals surface area contributed by atoms with Crippen LogP contribution in [-0.2, 0) is 20.9 Å². The van der Waals surface area contributed by atoms with E-state index >= 15 is 0 Å². The zero-order valence-corrected chi connectivity index (χ0v) is 12.2. The third-order valence-corrected chi connectivity index (χ3v) is 2.87. The largest absolute Gasteiger partial charge is 0.460 e. The summed E-state index contributed by atoms with van der Waals surface area (Å²) in [5, 5.41) is 2.49. The molecule has 0 heterocycles. The Morgan fingerprint density at radius 1 is 1.25 bits per heavy atom. The molecule has 5 heteroatoms. The number of nitrogens with one attached hydrogen (secondary N) is 1. The highest BCUT2D eigenvalue weighted by atomic mass is 16.5. The maximum Gasteiger partial charge on any atom is 0.325 e. The number of hydrogen-bond donors (Lipinski definition) is 2. The lowest BCUT2D eigenvalue weighted by atomic mass is 9.87. The van der Waals surface area contributed by atoms with Gasteiger partial charge in [0.2, 0.25) is 5.91 Å². The number of benzene rings is 1. The summed E-state index contributed by atoms with van der Waals surface area (Å²) in [7, 11) is 0. The fourth-order valence-corrected chi connectivity index (χ4v) is 1.45. The molecule has 0 saturated carbocycles. The molecule has 0 unspecified atom stereocenters. The lowest BCUT2D eigenvalue weighted by Crippen LogP contribution is -2.49. The van der Waals surface area contributed by atoms with Gasteiger partial charge in [0.1, 0.15) is 13.2 Å². The Hall–Kier alpha value is -1.88. The fourth-order valence-electron chi connectivity index (χ4n) is 1.45. The molecule has 1 atom stereocenters. The van der Waals surface area contributed by atoms with Gasteiger partial charge in [0, 0.05) is 0 Å². The Morgan fingerprint density at radius 3 is 2.40 bits per heavy atom. The van der Waals surface area contributed by atoms with Crippen LogP contribution in [-0.4, -0.2) is 24.5 Å². The molecule has 0 aliphatic rings. The zero-order chi connectivity index (χ0) is 15.2. The van der Waals surface area contributed by atoms with E-state index in [-0.39, 0.29) is 24.5 Å². The summed E-state index contributed by atoms with van der Waals surface area (Å²) in [6.45, 7) is 5.62. The van der Waals surface area contributed by atoms with E-state index in [0.29, 0.717) is 0 Å². The first kappa shape index (κ1) is 16.2. The standard InChI is InChI=1S/C15H22N2O3/c1-15(2,3)13(16)14(19)17-9-12(18)20-10-11-7-5-4-6-8-11/h4-8,13H,9-10,16H2,1-3H3,(H,17,19)/t13-/m1/s1. The van der Waals surface area contributed by atoms with Crippen molar-refractivity contribution in [3.8, 4) is 0 Å². The second kappa shape index (κ2) is 7.05. The molecule has 20 heavy (non-hydrogen) atoms. The maximum absolute atomic E-state index is 11.7. The van der Waals surface area contributed by atoms with Gasteiger partial charge in [-0.25, -0.2) is 0 Å². The van der Waals surface area contributed by atoms with Crippen LogP contribution in [0.1, 0.15) is 26.3 Å². The number of rotatable bonds is 5. The highest BCUT2D eigenvalue weighted by Gasteiger charge is 2.27. The number of nitrogens with two attached hydrogens (primary N) is 1. The quantitative estimate of drug-likeness (QED) is 0.793. The van der Waals surface area contributed by atoms with Gasteiger partial charge in [-0.15, -0.1) is 0 Å². The van der Waals surface area contributed by atoms with Crippen molar-refractivity contribution >= 4 is 11.9 Å². The Balaban J connectivity index is 2.32. The number of carbonyl (C=O) groups excluding carboxylic acids is 2. The van der Waals surface area contributed by atoms with Gasteiger partial charge in [-0.1, -0.05) is 51.1 Å². The van der Waals surface area contributed by atoms with E-state index in [9.17, 15) is 9.59 Å². The fraction of sp³-hybridized carbons (Fsp3) is 0.467. The number of ether oxygens (including phenoxy) is 1. The van der Waals surface area contributed by atoms with Crippen LogP contribution in [0.5, 0.6) is 0 Å². The highest BCUT2D eigenvalue weighted by molar-refractivity contribution is 5.86. The molecule has 0 aliphatic carbocycles. The summed E-state index contributed by atoms with van der Waals surface area (Å²) in [5.41, 5.74) is 6.33. The van der Waals surface area contributed by atoms with Gasteiger partial charge in [0.25, 0.3) is 0 Å². The van der Waals surface area contributed by atoms with E-state index in [4.69, 9.17) is 10.5 Å². The van der Waals surface area contributed by atoms with Crippen molar-refractivity contribution in [3.05, 3.63) is 35.9 Å². The first-order valence-corrected chi connectivity index (χ1v) is 6.53. The second-order valence-electron chi connectivity index (χ2n) is 5.71. The van der Waals surface area contributed by atoms with E-state index in [0.717, 1.165) is 5.56 Å². The molecular weight excluding hydrogens is 256 g/mol. The monoisotopic (exact) mass is 278 g/mol. The van der Waals surface area contributed by atoms with Crippen LogP contribution in [0.2, 0.25) is 0 Å². The van der Waals surface area contributed by atoms with Crippen LogP contribution in [0.15, 0.2) is 30.3 Å². The maximum atomic E-state index is 11.7. The molecule has 0 radical (unpaired) electrons. The summed E-state index contributed by atoms with van der Waals surface area (Å²) in [5.74, 6) is -0.836. The molecule has 0 saturated heterocycles. The number of esters is 1. The molecular formula is C15H22N2O3. The van der Waals surface area contributed by atoms with Crippen molar-refractivity contribution in [1.82, 2.24) is 5.32 Å². The van der Waals surface area contributed by atoms with Crippen molar-refractivity contribution in [2.75, 3.05) is 6.54 Å². The summed E-state index contributed by atoms with van der Waals surface area (Å²) in [6.07, 6.45) is 0. The van der Waals surface area contributed by atoms with E-state index in [1.165, 1.54) is 0 Å². The van der Waals surface area contributed by atoms with Crippen LogP contribution < -0.4 is 11.1 Å². The summed E-state index contributed by atoms with van der Waals surface area (Å²) >= 11 is 0. The predicted molar refractivity (Wildman–Crippen MR) is 76.7 cm³/mol. The Kier molecular flexibility index (Phi) is 5.70. The predicted octanol–water partition coefficient (Wildman–Crippen LogP) is 1.22. The number of hydrogen-bond acceptors (Lipinski definition) is 4. The van der Waals surface area contributed by atoms with Crippen LogP contribution in [0.3, 0.4) is 0 Å². The summed E-state index contributed by atoms with van der Waals surface area (Å²) in [6, 6.07) is 8.69. The van der Waals surface area contributed by atoms with E-state index in [2.05, 4.69) is 5.32 Å². The zero-order valence-electron chi connectivity index (χ0n) is 12.2. The molecule has 0 aliphatic heterocycles. The average molecular weight is 278 g/mol. The minimum Gasteiger partial charge on any atom is -0.460 e. The van der Waals surface area contributed by atoms with Crippen molar-refractivity contribution in [2.24, 2.45) is 11.1 Å².